The molecule has 1 amide bonds. The average Bonchev–Trinajstić information content (AvgIpc) is 2.63. The Morgan fingerprint density at radius 2 is 1.72 bits per heavy atom. The number of likely N-dealkylation sites (N-methyl/N-ethyl adjacent to an activating group) is 1. The molecule has 0 aromatic heterocycles. The molecule has 4 heteroatoms. The van der Waals surface area contributed by atoms with E-state index in [1.807, 2.05) is 61.3 Å². The highest BCUT2D eigenvalue weighted by atomic mass is 19.1. The Hall–Kier alpha value is -2.72. The molecule has 0 aliphatic carbocycles. The summed E-state index contributed by atoms with van der Waals surface area (Å²) in [6, 6.07) is 20.0. The number of anilines is 1. The van der Waals surface area contributed by atoms with Crippen molar-refractivity contribution in [2.75, 3.05) is 12.4 Å². The molecule has 0 heterocycles. The van der Waals surface area contributed by atoms with Crippen LogP contribution in [-0.2, 0) is 11.3 Å². The first-order chi connectivity index (χ1) is 12.1. The van der Waals surface area contributed by atoms with Gasteiger partial charge in [0.2, 0.25) is 5.91 Å². The van der Waals surface area contributed by atoms with Crippen molar-refractivity contribution in [2.24, 2.45) is 0 Å². The highest BCUT2D eigenvalue weighted by Crippen LogP contribution is 2.23. The van der Waals surface area contributed by atoms with E-state index in [1.54, 1.807) is 18.2 Å². The van der Waals surface area contributed by atoms with E-state index in [2.05, 4.69) is 5.32 Å². The molecule has 0 unspecified atom stereocenters. The zero-order valence-corrected chi connectivity index (χ0v) is 14.4. The van der Waals surface area contributed by atoms with Gasteiger partial charge in [-0.1, -0.05) is 54.6 Å². The van der Waals surface area contributed by atoms with Crippen molar-refractivity contribution in [1.82, 2.24) is 4.90 Å². The van der Waals surface area contributed by atoms with Crippen LogP contribution in [0.1, 0.15) is 12.5 Å². The summed E-state index contributed by atoms with van der Waals surface area (Å²) in [5.41, 5.74) is 1.36. The molecule has 3 nitrogen and oxygen atoms in total. The summed E-state index contributed by atoms with van der Waals surface area (Å²) in [4.78, 5) is 14.5. The van der Waals surface area contributed by atoms with Gasteiger partial charge in [-0.15, -0.1) is 0 Å². The van der Waals surface area contributed by atoms with E-state index in [0.29, 0.717) is 12.1 Å². The standard InChI is InChI=1S/C21H21FN2O/c1-15(24(2)14-17-9-4-6-12-19(17)22)21(25)23-20-13-7-10-16-8-3-5-11-18(16)20/h3-13,15H,14H2,1-2H3,(H,23,25)/t15-/m1/s1. The van der Waals surface area contributed by atoms with Gasteiger partial charge in [0, 0.05) is 23.2 Å². The SMILES string of the molecule is C[C@H](C(=O)Nc1cccc2ccccc12)N(C)Cc1ccccc1F. The minimum Gasteiger partial charge on any atom is -0.324 e. The topological polar surface area (TPSA) is 32.3 Å². The van der Waals surface area contributed by atoms with Crippen molar-refractivity contribution in [3.63, 3.8) is 0 Å². The highest BCUT2D eigenvalue weighted by Gasteiger charge is 2.19. The van der Waals surface area contributed by atoms with E-state index in [9.17, 15) is 9.18 Å². The van der Waals surface area contributed by atoms with Crippen molar-refractivity contribution in [3.05, 3.63) is 78.1 Å². The molecular formula is C21H21FN2O. The van der Waals surface area contributed by atoms with Crippen LogP contribution in [0, 0.1) is 5.82 Å². The fraction of sp³-hybridized carbons (Fsp3) is 0.190. The number of hydrogen-bond donors (Lipinski definition) is 1. The summed E-state index contributed by atoms with van der Waals surface area (Å²) < 4.78 is 13.8. The van der Waals surface area contributed by atoms with Crippen molar-refractivity contribution < 1.29 is 9.18 Å². The largest absolute Gasteiger partial charge is 0.324 e. The summed E-state index contributed by atoms with van der Waals surface area (Å²) in [5, 5.41) is 5.07. The second kappa shape index (κ2) is 7.45. The Morgan fingerprint density at radius 3 is 2.52 bits per heavy atom. The Labute approximate surface area is 147 Å². The molecule has 0 bridgehead atoms. The van der Waals surface area contributed by atoms with Crippen LogP contribution in [0.15, 0.2) is 66.7 Å². The van der Waals surface area contributed by atoms with E-state index >= 15 is 0 Å². The van der Waals surface area contributed by atoms with Crippen LogP contribution in [0.5, 0.6) is 0 Å². The van der Waals surface area contributed by atoms with Crippen molar-refractivity contribution in [3.8, 4) is 0 Å². The molecular weight excluding hydrogens is 315 g/mol. The van der Waals surface area contributed by atoms with Crippen LogP contribution in [0.2, 0.25) is 0 Å². The summed E-state index contributed by atoms with van der Waals surface area (Å²) in [6.07, 6.45) is 0. The lowest BCUT2D eigenvalue weighted by Crippen LogP contribution is -2.39. The monoisotopic (exact) mass is 336 g/mol. The van der Waals surface area contributed by atoms with E-state index < -0.39 is 6.04 Å². The molecule has 128 valence electrons. The minimum absolute atomic E-state index is 0.116. The van der Waals surface area contributed by atoms with Crippen molar-refractivity contribution in [2.45, 2.75) is 19.5 Å². The Bertz CT molecular complexity index is 888. The van der Waals surface area contributed by atoms with E-state index in [0.717, 1.165) is 16.5 Å². The van der Waals surface area contributed by atoms with Gasteiger partial charge >= 0.3 is 0 Å². The van der Waals surface area contributed by atoms with Crippen LogP contribution in [0.25, 0.3) is 10.8 Å². The first kappa shape index (κ1) is 17.1. The number of amides is 1. The number of nitrogens with one attached hydrogen (secondary N) is 1. The third-order valence-corrected chi connectivity index (χ3v) is 4.47. The Balaban J connectivity index is 1.73. The predicted molar refractivity (Wildman–Crippen MR) is 99.9 cm³/mol. The zero-order valence-electron chi connectivity index (χ0n) is 14.4. The summed E-state index contributed by atoms with van der Waals surface area (Å²) in [5.74, 6) is -0.369. The van der Waals surface area contributed by atoms with Crippen LogP contribution < -0.4 is 5.32 Å². The number of hydrogen-bond acceptors (Lipinski definition) is 2. The van der Waals surface area contributed by atoms with Gasteiger partial charge in [0.25, 0.3) is 0 Å². The van der Waals surface area contributed by atoms with Gasteiger partial charge in [-0.05, 0) is 31.5 Å². The predicted octanol–water partition coefficient (Wildman–Crippen LogP) is 4.44. The fourth-order valence-corrected chi connectivity index (χ4v) is 2.80. The normalized spacial score (nSPS) is 12.3. The van der Waals surface area contributed by atoms with Gasteiger partial charge in [-0.2, -0.15) is 0 Å². The number of halogens is 1. The lowest BCUT2D eigenvalue weighted by molar-refractivity contribution is -0.120. The van der Waals surface area contributed by atoms with E-state index in [4.69, 9.17) is 0 Å². The van der Waals surface area contributed by atoms with Gasteiger partial charge in [-0.3, -0.25) is 9.69 Å². The molecule has 0 radical (unpaired) electrons. The van der Waals surface area contributed by atoms with Gasteiger partial charge in [0.15, 0.2) is 0 Å². The summed E-state index contributed by atoms with van der Waals surface area (Å²) in [7, 11) is 1.82. The smallest absolute Gasteiger partial charge is 0.241 e. The second-order valence-corrected chi connectivity index (χ2v) is 6.20. The molecule has 3 aromatic rings. The van der Waals surface area contributed by atoms with Crippen LogP contribution >= 0.6 is 0 Å². The molecule has 1 atom stereocenters. The number of fused-ring (bicyclic) bond motifs is 1. The molecule has 0 saturated heterocycles. The molecule has 0 spiro atoms. The lowest BCUT2D eigenvalue weighted by Gasteiger charge is -2.24. The second-order valence-electron chi connectivity index (χ2n) is 6.20. The first-order valence-corrected chi connectivity index (χ1v) is 8.28. The number of nitrogens with zero attached hydrogens (tertiary/aromatic N) is 1. The van der Waals surface area contributed by atoms with Gasteiger partial charge in [-0.25, -0.2) is 4.39 Å². The third-order valence-electron chi connectivity index (χ3n) is 4.47. The number of benzene rings is 3. The molecule has 1 N–H and O–H groups in total. The van der Waals surface area contributed by atoms with Crippen molar-refractivity contribution >= 4 is 22.4 Å². The summed E-state index contributed by atoms with van der Waals surface area (Å²) >= 11 is 0. The van der Waals surface area contributed by atoms with E-state index in [-0.39, 0.29) is 11.7 Å². The van der Waals surface area contributed by atoms with Crippen LogP contribution in [-0.4, -0.2) is 23.9 Å². The number of carbonyl (C=O) groups is 1. The molecule has 0 fully saturated rings. The number of carbonyl (C=O) groups excluding carboxylic acids is 1. The molecule has 3 aromatic carbocycles. The average molecular weight is 336 g/mol. The van der Waals surface area contributed by atoms with E-state index in [1.165, 1.54) is 6.07 Å². The van der Waals surface area contributed by atoms with Crippen LogP contribution in [0.4, 0.5) is 10.1 Å². The zero-order chi connectivity index (χ0) is 17.8. The Kier molecular flexibility index (Phi) is 5.10. The number of rotatable bonds is 5. The maximum atomic E-state index is 13.8. The lowest BCUT2D eigenvalue weighted by atomic mass is 10.1. The minimum atomic E-state index is -0.390. The van der Waals surface area contributed by atoms with Crippen LogP contribution in [0.3, 0.4) is 0 Å². The maximum absolute atomic E-state index is 13.8. The van der Waals surface area contributed by atoms with Crippen molar-refractivity contribution in [1.29, 1.82) is 0 Å². The highest BCUT2D eigenvalue weighted by molar-refractivity contribution is 6.03. The quantitative estimate of drug-likeness (QED) is 0.747. The molecule has 0 aliphatic rings. The van der Waals surface area contributed by atoms with Gasteiger partial charge < -0.3 is 5.32 Å². The maximum Gasteiger partial charge on any atom is 0.241 e. The summed E-state index contributed by atoms with van der Waals surface area (Å²) in [6.45, 7) is 2.19. The fourth-order valence-electron chi connectivity index (χ4n) is 2.80. The Morgan fingerprint density at radius 1 is 1.04 bits per heavy atom. The third kappa shape index (κ3) is 3.86. The molecule has 0 saturated carbocycles. The van der Waals surface area contributed by atoms with Gasteiger partial charge in [0.05, 0.1) is 6.04 Å². The van der Waals surface area contributed by atoms with Gasteiger partial charge in [0.1, 0.15) is 5.82 Å². The molecule has 3 rings (SSSR count). The molecule has 0 aliphatic heterocycles. The molecule has 25 heavy (non-hydrogen) atoms. The first-order valence-electron chi connectivity index (χ1n) is 8.28.